The predicted octanol–water partition coefficient (Wildman–Crippen LogP) is 3.27. The molecule has 2 aromatic rings. The van der Waals surface area contributed by atoms with Gasteiger partial charge >= 0.3 is 0 Å². The summed E-state index contributed by atoms with van der Waals surface area (Å²) in [6.07, 6.45) is 0.431. The highest BCUT2D eigenvalue weighted by atomic mass is 16.5. The molecule has 0 spiro atoms. The van der Waals surface area contributed by atoms with Crippen molar-refractivity contribution in [2.45, 2.75) is 12.5 Å². The van der Waals surface area contributed by atoms with Crippen LogP contribution in [0.15, 0.2) is 59.6 Å². The number of ether oxygens (including phenoxy) is 1. The quantitative estimate of drug-likeness (QED) is 0.852. The average molecular weight is 262 g/mol. The van der Waals surface area contributed by atoms with Gasteiger partial charge in [0.2, 0.25) is 5.90 Å². The standard InChI is InChI=1S/C17H14N2O/c18-11-10-13-6-8-15(9-7-13)17-19-16(12-20-17)14-4-2-1-3-5-14/h1-9,16H,10,12H2/t16-/m0/s1. The molecule has 0 amide bonds. The van der Waals surface area contributed by atoms with E-state index in [0.717, 1.165) is 11.1 Å². The molecule has 0 saturated carbocycles. The summed E-state index contributed by atoms with van der Waals surface area (Å²) in [7, 11) is 0. The van der Waals surface area contributed by atoms with Crippen LogP contribution in [0.4, 0.5) is 0 Å². The Bertz CT molecular complexity index is 654. The fourth-order valence-corrected chi connectivity index (χ4v) is 2.23. The molecule has 0 bridgehead atoms. The van der Waals surface area contributed by atoms with Gasteiger partial charge in [-0.3, -0.25) is 0 Å². The molecule has 1 aliphatic heterocycles. The lowest BCUT2D eigenvalue weighted by Crippen LogP contribution is -2.01. The van der Waals surface area contributed by atoms with E-state index >= 15 is 0 Å². The fourth-order valence-electron chi connectivity index (χ4n) is 2.23. The van der Waals surface area contributed by atoms with Crippen LogP contribution in [0.5, 0.6) is 0 Å². The molecule has 0 radical (unpaired) electrons. The normalized spacial score (nSPS) is 17.1. The molecular weight excluding hydrogens is 248 g/mol. The maximum absolute atomic E-state index is 8.66. The summed E-state index contributed by atoms with van der Waals surface area (Å²) < 4.78 is 5.69. The van der Waals surface area contributed by atoms with Crippen molar-refractivity contribution in [1.29, 1.82) is 5.26 Å². The van der Waals surface area contributed by atoms with Crippen LogP contribution in [0.3, 0.4) is 0 Å². The van der Waals surface area contributed by atoms with E-state index in [0.29, 0.717) is 18.9 Å². The minimum absolute atomic E-state index is 0.0741. The van der Waals surface area contributed by atoms with Crippen molar-refractivity contribution >= 4 is 5.90 Å². The van der Waals surface area contributed by atoms with Crippen molar-refractivity contribution in [2.75, 3.05) is 6.61 Å². The predicted molar refractivity (Wildman–Crippen MR) is 77.4 cm³/mol. The maximum Gasteiger partial charge on any atom is 0.216 e. The second-order valence-corrected chi connectivity index (χ2v) is 4.70. The molecule has 0 aliphatic carbocycles. The lowest BCUT2D eigenvalue weighted by atomic mass is 10.1. The number of hydrogen-bond donors (Lipinski definition) is 0. The van der Waals surface area contributed by atoms with Gasteiger partial charge in [0, 0.05) is 5.56 Å². The number of nitrogens with zero attached hydrogens (tertiary/aromatic N) is 2. The van der Waals surface area contributed by atoms with Crippen LogP contribution in [0, 0.1) is 11.3 Å². The first-order valence-corrected chi connectivity index (χ1v) is 6.58. The lowest BCUT2D eigenvalue weighted by Gasteiger charge is -2.03. The number of rotatable bonds is 3. The third kappa shape index (κ3) is 2.55. The molecule has 0 aromatic heterocycles. The third-order valence-corrected chi connectivity index (χ3v) is 3.32. The van der Waals surface area contributed by atoms with E-state index < -0.39 is 0 Å². The molecule has 1 atom stereocenters. The SMILES string of the molecule is N#CCc1ccc(C2=N[C@H](c3ccccc3)CO2)cc1. The Kier molecular flexibility index (Phi) is 3.47. The van der Waals surface area contributed by atoms with E-state index in [-0.39, 0.29) is 6.04 Å². The first kappa shape index (κ1) is 12.4. The molecule has 1 aliphatic rings. The van der Waals surface area contributed by atoms with Gasteiger partial charge in [0.1, 0.15) is 12.6 Å². The summed E-state index contributed by atoms with van der Waals surface area (Å²) in [5, 5.41) is 8.66. The Labute approximate surface area is 118 Å². The van der Waals surface area contributed by atoms with Crippen molar-refractivity contribution in [3.05, 3.63) is 71.3 Å². The van der Waals surface area contributed by atoms with Crippen LogP contribution in [0.2, 0.25) is 0 Å². The van der Waals surface area contributed by atoms with Crippen molar-refractivity contribution in [3.8, 4) is 6.07 Å². The molecule has 0 saturated heterocycles. The Morgan fingerprint density at radius 3 is 2.55 bits per heavy atom. The first-order valence-electron chi connectivity index (χ1n) is 6.58. The molecular formula is C17H14N2O. The highest BCUT2D eigenvalue weighted by Crippen LogP contribution is 2.24. The molecule has 0 N–H and O–H groups in total. The van der Waals surface area contributed by atoms with E-state index in [2.05, 4.69) is 23.2 Å². The molecule has 3 nitrogen and oxygen atoms in total. The number of aliphatic imine (C=N–C) groups is 1. The molecule has 0 unspecified atom stereocenters. The van der Waals surface area contributed by atoms with E-state index in [4.69, 9.17) is 10.00 Å². The van der Waals surface area contributed by atoms with Crippen LogP contribution < -0.4 is 0 Å². The summed E-state index contributed by atoms with van der Waals surface area (Å²) in [6, 6.07) is 20.2. The summed E-state index contributed by atoms with van der Waals surface area (Å²) in [5.74, 6) is 0.683. The van der Waals surface area contributed by atoms with E-state index in [1.165, 1.54) is 5.56 Å². The molecule has 1 heterocycles. The monoisotopic (exact) mass is 262 g/mol. The molecule has 20 heavy (non-hydrogen) atoms. The van der Waals surface area contributed by atoms with Crippen LogP contribution in [0.25, 0.3) is 0 Å². The van der Waals surface area contributed by atoms with Gasteiger partial charge in [0.25, 0.3) is 0 Å². The van der Waals surface area contributed by atoms with Crippen LogP contribution in [-0.2, 0) is 11.2 Å². The van der Waals surface area contributed by atoms with Crippen LogP contribution in [-0.4, -0.2) is 12.5 Å². The largest absolute Gasteiger partial charge is 0.475 e. The van der Waals surface area contributed by atoms with Crippen LogP contribution in [0.1, 0.15) is 22.7 Å². The molecule has 0 fully saturated rings. The fraction of sp³-hybridized carbons (Fsp3) is 0.176. The Balaban J connectivity index is 1.80. The number of benzene rings is 2. The number of nitriles is 1. The van der Waals surface area contributed by atoms with Gasteiger partial charge in [-0.25, -0.2) is 4.99 Å². The lowest BCUT2D eigenvalue weighted by molar-refractivity contribution is 0.320. The highest BCUT2D eigenvalue weighted by Gasteiger charge is 2.21. The van der Waals surface area contributed by atoms with Gasteiger partial charge in [0.15, 0.2) is 0 Å². The van der Waals surface area contributed by atoms with Crippen molar-refractivity contribution < 1.29 is 4.74 Å². The first-order chi connectivity index (χ1) is 9.86. The van der Waals surface area contributed by atoms with E-state index in [1.54, 1.807) is 0 Å². The average Bonchev–Trinajstić information content (AvgIpc) is 2.99. The molecule has 98 valence electrons. The topological polar surface area (TPSA) is 45.4 Å². The zero-order valence-electron chi connectivity index (χ0n) is 11.0. The minimum atomic E-state index is 0.0741. The maximum atomic E-state index is 8.66. The molecule has 3 heteroatoms. The molecule has 3 rings (SSSR count). The van der Waals surface area contributed by atoms with Crippen molar-refractivity contribution in [1.82, 2.24) is 0 Å². The third-order valence-electron chi connectivity index (χ3n) is 3.32. The summed E-state index contributed by atoms with van der Waals surface area (Å²) in [4.78, 5) is 4.63. The molecule has 2 aromatic carbocycles. The zero-order valence-corrected chi connectivity index (χ0v) is 11.0. The van der Waals surface area contributed by atoms with Gasteiger partial charge < -0.3 is 4.74 Å². The Morgan fingerprint density at radius 2 is 1.85 bits per heavy atom. The van der Waals surface area contributed by atoms with E-state index in [1.807, 2.05) is 42.5 Å². The Hall–Kier alpha value is -2.60. The van der Waals surface area contributed by atoms with Gasteiger partial charge in [-0.1, -0.05) is 42.5 Å². The summed E-state index contributed by atoms with van der Waals surface area (Å²) in [5.41, 5.74) is 3.14. The van der Waals surface area contributed by atoms with E-state index in [9.17, 15) is 0 Å². The van der Waals surface area contributed by atoms with Gasteiger partial charge in [-0.15, -0.1) is 0 Å². The zero-order chi connectivity index (χ0) is 13.8. The smallest absolute Gasteiger partial charge is 0.216 e. The summed E-state index contributed by atoms with van der Waals surface area (Å²) in [6.45, 7) is 0.583. The van der Waals surface area contributed by atoms with Gasteiger partial charge in [0.05, 0.1) is 12.5 Å². The van der Waals surface area contributed by atoms with Crippen molar-refractivity contribution in [2.24, 2.45) is 4.99 Å². The van der Waals surface area contributed by atoms with Gasteiger partial charge in [-0.2, -0.15) is 5.26 Å². The van der Waals surface area contributed by atoms with Crippen LogP contribution >= 0.6 is 0 Å². The number of hydrogen-bond acceptors (Lipinski definition) is 3. The highest BCUT2D eigenvalue weighted by molar-refractivity contribution is 5.95. The second-order valence-electron chi connectivity index (χ2n) is 4.70. The summed E-state index contributed by atoms with van der Waals surface area (Å²) >= 11 is 0. The Morgan fingerprint density at radius 1 is 1.10 bits per heavy atom. The van der Waals surface area contributed by atoms with Crippen molar-refractivity contribution in [3.63, 3.8) is 0 Å². The second kappa shape index (κ2) is 5.58. The van der Waals surface area contributed by atoms with Gasteiger partial charge in [-0.05, 0) is 23.3 Å². The minimum Gasteiger partial charge on any atom is -0.475 e.